The van der Waals surface area contributed by atoms with Gasteiger partial charge in [-0.3, -0.25) is 4.99 Å². The molecule has 3 aromatic rings. The van der Waals surface area contributed by atoms with Gasteiger partial charge in [-0.15, -0.1) is 0 Å². The SMILES string of the molecule is COC(=O)C1=C(C(=O)OC)N(c2ccc(SC3=NC(C)(C)Cc4c3ccc3ccccc43)cc2)COC1. The summed E-state index contributed by atoms with van der Waals surface area (Å²) in [5.74, 6) is -1.24. The van der Waals surface area contributed by atoms with Crippen LogP contribution in [0, 0.1) is 0 Å². The van der Waals surface area contributed by atoms with Crippen LogP contribution < -0.4 is 4.90 Å². The number of carbonyl (C=O) groups is 2. The first-order valence-electron chi connectivity index (χ1n) is 11.9. The number of methoxy groups -OCH3 is 2. The Bertz CT molecular complexity index is 1440. The molecule has 190 valence electrons. The van der Waals surface area contributed by atoms with Crippen molar-refractivity contribution >= 4 is 45.2 Å². The Morgan fingerprint density at radius 2 is 1.70 bits per heavy atom. The van der Waals surface area contributed by atoms with E-state index >= 15 is 0 Å². The van der Waals surface area contributed by atoms with E-state index in [9.17, 15) is 9.59 Å². The minimum atomic E-state index is -0.624. The number of hydrogen-bond donors (Lipinski definition) is 0. The molecule has 2 heterocycles. The zero-order chi connectivity index (χ0) is 26.2. The second-order valence-electron chi connectivity index (χ2n) is 9.53. The van der Waals surface area contributed by atoms with Crippen LogP contribution in [-0.4, -0.2) is 50.1 Å². The molecule has 2 aliphatic heterocycles. The summed E-state index contributed by atoms with van der Waals surface area (Å²) in [6, 6.07) is 20.5. The van der Waals surface area contributed by atoms with Gasteiger partial charge < -0.3 is 19.1 Å². The van der Waals surface area contributed by atoms with E-state index in [2.05, 4.69) is 50.2 Å². The van der Waals surface area contributed by atoms with Crippen molar-refractivity contribution in [3.05, 3.63) is 83.1 Å². The summed E-state index contributed by atoms with van der Waals surface area (Å²) in [7, 11) is 2.55. The lowest BCUT2D eigenvalue weighted by molar-refractivity contribution is -0.140. The highest BCUT2D eigenvalue weighted by atomic mass is 32.2. The van der Waals surface area contributed by atoms with Crippen LogP contribution in [0.1, 0.15) is 25.0 Å². The number of rotatable bonds is 4. The first-order valence-corrected chi connectivity index (χ1v) is 12.8. The number of aliphatic imine (C=N–C) groups is 1. The van der Waals surface area contributed by atoms with Gasteiger partial charge in [-0.25, -0.2) is 9.59 Å². The van der Waals surface area contributed by atoms with E-state index in [1.54, 1.807) is 16.7 Å². The molecule has 0 atom stereocenters. The van der Waals surface area contributed by atoms with Crippen molar-refractivity contribution in [3.8, 4) is 0 Å². The molecule has 0 unspecified atom stereocenters. The number of carbonyl (C=O) groups excluding carboxylic acids is 2. The number of esters is 2. The quantitative estimate of drug-likeness (QED) is 0.446. The van der Waals surface area contributed by atoms with Crippen molar-refractivity contribution in [2.24, 2.45) is 4.99 Å². The normalized spacial score (nSPS) is 16.8. The molecule has 5 rings (SSSR count). The molecule has 2 aliphatic rings. The zero-order valence-corrected chi connectivity index (χ0v) is 22.1. The maximum absolute atomic E-state index is 12.6. The van der Waals surface area contributed by atoms with Crippen LogP contribution in [0.2, 0.25) is 0 Å². The first kappa shape index (κ1) is 25.0. The summed E-state index contributed by atoms with van der Waals surface area (Å²) in [5, 5.41) is 3.48. The lowest BCUT2D eigenvalue weighted by Gasteiger charge is -2.31. The fourth-order valence-electron chi connectivity index (χ4n) is 4.76. The van der Waals surface area contributed by atoms with E-state index in [1.807, 2.05) is 24.3 Å². The van der Waals surface area contributed by atoms with E-state index in [0.717, 1.165) is 21.9 Å². The number of ether oxygens (including phenoxy) is 3. The van der Waals surface area contributed by atoms with Gasteiger partial charge in [-0.05, 0) is 60.9 Å². The highest BCUT2D eigenvalue weighted by Crippen LogP contribution is 2.38. The highest BCUT2D eigenvalue weighted by Gasteiger charge is 2.33. The van der Waals surface area contributed by atoms with E-state index in [1.165, 1.54) is 30.6 Å². The van der Waals surface area contributed by atoms with E-state index < -0.39 is 11.9 Å². The van der Waals surface area contributed by atoms with E-state index in [4.69, 9.17) is 19.2 Å². The fourth-order valence-corrected chi connectivity index (χ4v) is 5.85. The Balaban J connectivity index is 1.46. The third-order valence-corrected chi connectivity index (χ3v) is 7.49. The molecule has 37 heavy (non-hydrogen) atoms. The van der Waals surface area contributed by atoms with Gasteiger partial charge in [0.05, 0.1) is 31.9 Å². The number of fused-ring (bicyclic) bond motifs is 3. The van der Waals surface area contributed by atoms with Crippen LogP contribution in [0.4, 0.5) is 5.69 Å². The zero-order valence-electron chi connectivity index (χ0n) is 21.2. The summed E-state index contributed by atoms with van der Waals surface area (Å²) in [5.41, 5.74) is 3.22. The fraction of sp³-hybridized carbons (Fsp3) is 0.276. The van der Waals surface area contributed by atoms with Gasteiger partial charge in [-0.2, -0.15) is 0 Å². The largest absolute Gasteiger partial charge is 0.466 e. The van der Waals surface area contributed by atoms with Crippen LogP contribution >= 0.6 is 11.8 Å². The summed E-state index contributed by atoms with van der Waals surface area (Å²) >= 11 is 1.62. The van der Waals surface area contributed by atoms with Gasteiger partial charge in [0, 0.05) is 16.1 Å². The lowest BCUT2D eigenvalue weighted by Crippen LogP contribution is -2.38. The number of thioether (sulfide) groups is 1. The standard InChI is InChI=1S/C29H28N2O5S/c1-29(2)15-23-21-8-6-5-7-18(21)9-14-22(23)26(30-29)37-20-12-10-19(11-13-20)31-17-36-16-24(27(32)34-3)25(31)28(33)35-4/h5-14H,15-17H2,1-4H3. The summed E-state index contributed by atoms with van der Waals surface area (Å²) in [6.07, 6.45) is 0.882. The average Bonchev–Trinajstić information content (AvgIpc) is 2.91. The average molecular weight is 517 g/mol. The Morgan fingerprint density at radius 1 is 0.973 bits per heavy atom. The highest BCUT2D eigenvalue weighted by molar-refractivity contribution is 8.14. The van der Waals surface area contributed by atoms with Crippen LogP contribution in [-0.2, 0) is 30.2 Å². The Kier molecular flexibility index (Phi) is 6.79. The van der Waals surface area contributed by atoms with Crippen molar-refractivity contribution in [2.75, 3.05) is 32.5 Å². The molecule has 7 nitrogen and oxygen atoms in total. The summed E-state index contributed by atoms with van der Waals surface area (Å²) in [4.78, 5) is 32.6. The molecule has 0 aromatic heterocycles. The van der Waals surface area contributed by atoms with Gasteiger partial charge in [0.1, 0.15) is 17.5 Å². The molecule has 0 fully saturated rings. The lowest BCUT2D eigenvalue weighted by atomic mass is 9.86. The smallest absolute Gasteiger partial charge is 0.355 e. The number of hydrogen-bond acceptors (Lipinski definition) is 8. The molecule has 0 aliphatic carbocycles. The molecule has 8 heteroatoms. The van der Waals surface area contributed by atoms with Crippen molar-refractivity contribution in [1.82, 2.24) is 0 Å². The minimum Gasteiger partial charge on any atom is -0.466 e. The summed E-state index contributed by atoms with van der Waals surface area (Å²) < 4.78 is 15.4. The number of nitrogens with zero attached hydrogens (tertiary/aromatic N) is 2. The van der Waals surface area contributed by atoms with Crippen LogP contribution in [0.25, 0.3) is 10.8 Å². The molecule has 0 N–H and O–H groups in total. The molecule has 0 bridgehead atoms. The number of benzene rings is 3. The van der Waals surface area contributed by atoms with Gasteiger partial charge in [0.15, 0.2) is 0 Å². The van der Waals surface area contributed by atoms with Crippen molar-refractivity contribution in [2.45, 2.75) is 30.7 Å². The second-order valence-corrected chi connectivity index (χ2v) is 10.6. The van der Waals surface area contributed by atoms with Gasteiger partial charge in [0.2, 0.25) is 0 Å². The molecule has 0 radical (unpaired) electrons. The molecular formula is C29H28N2O5S. The van der Waals surface area contributed by atoms with E-state index in [-0.39, 0.29) is 30.1 Å². The second kappa shape index (κ2) is 10.0. The third-order valence-electron chi connectivity index (χ3n) is 6.48. The number of anilines is 1. The predicted molar refractivity (Wildman–Crippen MR) is 145 cm³/mol. The monoisotopic (exact) mass is 516 g/mol. The van der Waals surface area contributed by atoms with Gasteiger partial charge >= 0.3 is 11.9 Å². The van der Waals surface area contributed by atoms with Crippen molar-refractivity contribution in [3.63, 3.8) is 0 Å². The molecule has 3 aromatic carbocycles. The maximum atomic E-state index is 12.6. The molecule has 0 saturated heterocycles. The van der Waals surface area contributed by atoms with Crippen LogP contribution in [0.5, 0.6) is 0 Å². The van der Waals surface area contributed by atoms with Gasteiger partial charge in [-0.1, -0.05) is 48.2 Å². The molecule has 0 spiro atoms. The minimum absolute atomic E-state index is 0.0226. The van der Waals surface area contributed by atoms with E-state index in [0.29, 0.717) is 5.69 Å². The van der Waals surface area contributed by atoms with Crippen molar-refractivity contribution < 1.29 is 23.8 Å². The van der Waals surface area contributed by atoms with Crippen LogP contribution in [0.3, 0.4) is 0 Å². The Labute approximate surface area is 220 Å². The summed E-state index contributed by atoms with van der Waals surface area (Å²) in [6.45, 7) is 4.42. The van der Waals surface area contributed by atoms with Crippen molar-refractivity contribution in [1.29, 1.82) is 0 Å². The maximum Gasteiger partial charge on any atom is 0.355 e. The third kappa shape index (κ3) is 4.86. The van der Waals surface area contributed by atoms with Gasteiger partial charge in [0.25, 0.3) is 0 Å². The molecular weight excluding hydrogens is 488 g/mol. The molecule has 0 saturated carbocycles. The first-order chi connectivity index (χ1) is 17.8. The van der Waals surface area contributed by atoms with Crippen LogP contribution in [0.15, 0.2) is 81.8 Å². The Morgan fingerprint density at radius 3 is 2.43 bits per heavy atom. The topological polar surface area (TPSA) is 77.4 Å². The predicted octanol–water partition coefficient (Wildman–Crippen LogP) is 5.11. The molecule has 0 amide bonds. The Hall–Kier alpha value is -3.62.